The molecule has 0 saturated carbocycles. The largest absolute Gasteiger partial charge is 0.455 e. The molecule has 0 radical (unpaired) electrons. The van der Waals surface area contributed by atoms with E-state index in [-0.39, 0.29) is 0 Å². The van der Waals surface area contributed by atoms with E-state index in [1.807, 2.05) is 42.7 Å². The Morgan fingerprint density at radius 3 is 2.00 bits per heavy atom. The van der Waals surface area contributed by atoms with Crippen molar-refractivity contribution in [2.45, 2.75) is 0 Å². The molecular weight excluding hydrogens is 576 g/mol. The van der Waals surface area contributed by atoms with Crippen molar-refractivity contribution in [2.24, 2.45) is 0 Å². The fourth-order valence-corrected chi connectivity index (χ4v) is 7.13. The van der Waals surface area contributed by atoms with E-state index in [1.54, 1.807) is 0 Å². The number of hydrogen-bond acceptors (Lipinski definition) is 3. The van der Waals surface area contributed by atoms with Gasteiger partial charge in [-0.2, -0.15) is 0 Å². The maximum absolute atomic E-state index is 6.40. The molecule has 0 unspecified atom stereocenters. The van der Waals surface area contributed by atoms with Crippen LogP contribution in [0, 0.1) is 0 Å². The lowest BCUT2D eigenvalue weighted by Gasteiger charge is -2.12. The molecule has 4 aromatic heterocycles. The van der Waals surface area contributed by atoms with Crippen LogP contribution in [0.4, 0.5) is 0 Å². The van der Waals surface area contributed by atoms with E-state index in [0.717, 1.165) is 72.4 Å². The highest BCUT2D eigenvalue weighted by Crippen LogP contribution is 2.39. The van der Waals surface area contributed by atoms with Gasteiger partial charge in [0.25, 0.3) is 0 Å². The van der Waals surface area contributed by atoms with Crippen LogP contribution in [-0.2, 0) is 0 Å². The van der Waals surface area contributed by atoms with Crippen molar-refractivity contribution < 1.29 is 4.42 Å². The molecular formula is C42H26N4O. The fraction of sp³-hybridized carbons (Fsp3) is 0. The van der Waals surface area contributed by atoms with Gasteiger partial charge in [0, 0.05) is 56.4 Å². The highest BCUT2D eigenvalue weighted by atomic mass is 16.3. The van der Waals surface area contributed by atoms with Gasteiger partial charge in [0.1, 0.15) is 17.0 Å². The summed E-state index contributed by atoms with van der Waals surface area (Å²) in [6.07, 6.45) is 3.62. The van der Waals surface area contributed by atoms with Crippen molar-refractivity contribution in [3.05, 3.63) is 158 Å². The van der Waals surface area contributed by atoms with E-state index in [1.165, 1.54) is 16.3 Å². The average molecular weight is 603 g/mol. The highest BCUT2D eigenvalue weighted by molar-refractivity contribution is 6.13. The third-order valence-electron chi connectivity index (χ3n) is 9.25. The molecule has 0 aliphatic heterocycles. The van der Waals surface area contributed by atoms with Gasteiger partial charge >= 0.3 is 0 Å². The van der Waals surface area contributed by atoms with Crippen LogP contribution in [0.2, 0.25) is 0 Å². The summed E-state index contributed by atoms with van der Waals surface area (Å²) >= 11 is 0. The topological polar surface area (TPSA) is 48.8 Å². The molecule has 0 fully saturated rings. The molecule has 220 valence electrons. The van der Waals surface area contributed by atoms with E-state index < -0.39 is 0 Å². The number of hydrogen-bond donors (Lipinski definition) is 0. The van der Waals surface area contributed by atoms with Crippen LogP contribution < -0.4 is 0 Å². The number of furan rings is 1. The third-order valence-corrected chi connectivity index (χ3v) is 9.25. The summed E-state index contributed by atoms with van der Waals surface area (Å²) in [6, 6.07) is 51.2. The zero-order chi connectivity index (χ0) is 30.9. The van der Waals surface area contributed by atoms with Crippen LogP contribution in [0.5, 0.6) is 0 Å². The molecule has 0 aliphatic carbocycles. The standard InChI is InChI=1S/C42H26N4O/c1-4-13-37-32(8-1)35-26-28(31-10-7-11-34-33-9-2-6-15-40(33)47-41(31)34)16-21-38(35)45(37)29-17-19-30(20-18-29)46-39-14-5-3-12-36(39)44-42(46)27-22-24-43-25-23-27/h1-26H. The predicted molar refractivity (Wildman–Crippen MR) is 191 cm³/mol. The average Bonchev–Trinajstić information content (AvgIpc) is 3.82. The first-order chi connectivity index (χ1) is 23.3. The molecule has 6 aromatic carbocycles. The Morgan fingerprint density at radius 2 is 1.15 bits per heavy atom. The van der Waals surface area contributed by atoms with Crippen molar-refractivity contribution in [1.82, 2.24) is 19.1 Å². The second-order valence-electron chi connectivity index (χ2n) is 11.9. The van der Waals surface area contributed by atoms with Gasteiger partial charge in [0.2, 0.25) is 0 Å². The van der Waals surface area contributed by atoms with E-state index in [0.29, 0.717) is 0 Å². The zero-order valence-corrected chi connectivity index (χ0v) is 25.2. The zero-order valence-electron chi connectivity index (χ0n) is 25.2. The smallest absolute Gasteiger partial charge is 0.145 e. The molecule has 0 saturated heterocycles. The number of rotatable bonds is 4. The lowest BCUT2D eigenvalue weighted by molar-refractivity contribution is 0.670. The first kappa shape index (κ1) is 25.8. The molecule has 0 N–H and O–H groups in total. The van der Waals surface area contributed by atoms with Crippen molar-refractivity contribution >= 4 is 54.8 Å². The first-order valence-corrected chi connectivity index (χ1v) is 15.7. The summed E-state index contributed by atoms with van der Waals surface area (Å²) in [5.74, 6) is 0.894. The summed E-state index contributed by atoms with van der Waals surface area (Å²) < 4.78 is 11.0. The molecule has 5 heteroatoms. The second kappa shape index (κ2) is 10.0. The Bertz CT molecular complexity index is 2790. The molecule has 4 heterocycles. The normalized spacial score (nSPS) is 11.8. The van der Waals surface area contributed by atoms with Crippen molar-refractivity contribution in [2.75, 3.05) is 0 Å². The Morgan fingerprint density at radius 1 is 0.468 bits per heavy atom. The summed E-state index contributed by atoms with van der Waals surface area (Å²) in [7, 11) is 0. The maximum atomic E-state index is 6.40. The highest BCUT2D eigenvalue weighted by Gasteiger charge is 2.18. The first-order valence-electron chi connectivity index (χ1n) is 15.7. The number of benzene rings is 6. The number of imidazole rings is 1. The number of fused-ring (bicyclic) bond motifs is 7. The van der Waals surface area contributed by atoms with Crippen molar-refractivity contribution in [3.63, 3.8) is 0 Å². The Hall–Kier alpha value is -6.46. The van der Waals surface area contributed by atoms with Crippen molar-refractivity contribution in [3.8, 4) is 33.9 Å². The van der Waals surface area contributed by atoms with Crippen LogP contribution in [0.15, 0.2) is 162 Å². The summed E-state index contributed by atoms with van der Waals surface area (Å²) in [5, 5.41) is 4.70. The molecule has 0 amide bonds. The van der Waals surface area contributed by atoms with E-state index in [9.17, 15) is 0 Å². The van der Waals surface area contributed by atoms with Crippen LogP contribution in [0.1, 0.15) is 0 Å². The fourth-order valence-electron chi connectivity index (χ4n) is 7.13. The summed E-state index contributed by atoms with van der Waals surface area (Å²) in [6.45, 7) is 0. The molecule has 10 rings (SSSR count). The lowest BCUT2D eigenvalue weighted by Crippen LogP contribution is -1.99. The van der Waals surface area contributed by atoms with E-state index in [2.05, 4.69) is 129 Å². The predicted octanol–water partition coefficient (Wildman–Crippen LogP) is 10.8. The van der Waals surface area contributed by atoms with E-state index in [4.69, 9.17) is 9.40 Å². The summed E-state index contributed by atoms with van der Waals surface area (Å²) in [5.41, 5.74) is 11.6. The van der Waals surface area contributed by atoms with Gasteiger partial charge in [0.15, 0.2) is 0 Å². The minimum absolute atomic E-state index is 0.894. The Kier molecular flexibility index (Phi) is 5.51. The minimum atomic E-state index is 0.894. The molecule has 0 bridgehead atoms. The number of para-hydroxylation sites is 5. The molecule has 0 aliphatic rings. The van der Waals surface area contributed by atoms with Gasteiger partial charge in [-0.25, -0.2) is 4.98 Å². The van der Waals surface area contributed by atoms with Gasteiger partial charge in [-0.1, -0.05) is 72.8 Å². The van der Waals surface area contributed by atoms with Gasteiger partial charge in [-0.05, 0) is 78.4 Å². The molecule has 5 nitrogen and oxygen atoms in total. The van der Waals surface area contributed by atoms with Gasteiger partial charge < -0.3 is 8.98 Å². The monoisotopic (exact) mass is 602 g/mol. The lowest BCUT2D eigenvalue weighted by atomic mass is 10.0. The van der Waals surface area contributed by atoms with E-state index >= 15 is 0 Å². The molecule has 0 spiro atoms. The Labute approximate surface area is 269 Å². The maximum Gasteiger partial charge on any atom is 0.145 e. The van der Waals surface area contributed by atoms with Gasteiger partial charge in [-0.3, -0.25) is 9.55 Å². The third kappa shape index (κ3) is 3.90. The van der Waals surface area contributed by atoms with Crippen LogP contribution in [0.3, 0.4) is 0 Å². The second-order valence-corrected chi connectivity index (χ2v) is 11.9. The molecule has 0 atom stereocenters. The van der Waals surface area contributed by atoms with Crippen LogP contribution in [0.25, 0.3) is 88.7 Å². The van der Waals surface area contributed by atoms with Gasteiger partial charge in [-0.15, -0.1) is 0 Å². The number of aromatic nitrogens is 4. The van der Waals surface area contributed by atoms with Crippen molar-refractivity contribution in [1.29, 1.82) is 0 Å². The number of nitrogens with zero attached hydrogens (tertiary/aromatic N) is 4. The quantitative estimate of drug-likeness (QED) is 0.201. The molecule has 47 heavy (non-hydrogen) atoms. The minimum Gasteiger partial charge on any atom is -0.455 e. The summed E-state index contributed by atoms with van der Waals surface area (Å²) in [4.78, 5) is 9.22. The SMILES string of the molecule is c1ccc2c(c1)nc(-c1ccncc1)n2-c1ccc(-n2c3ccccc3c3cc(-c4cccc5c4oc4ccccc45)ccc32)cc1. The Balaban J connectivity index is 1.13. The number of pyridine rings is 1. The van der Waals surface area contributed by atoms with Gasteiger partial charge in [0.05, 0.1) is 22.1 Å². The van der Waals surface area contributed by atoms with Crippen LogP contribution >= 0.6 is 0 Å². The molecule has 10 aromatic rings. The van der Waals surface area contributed by atoms with Crippen LogP contribution in [-0.4, -0.2) is 19.1 Å².